The summed E-state index contributed by atoms with van der Waals surface area (Å²) < 4.78 is 55.9. The molecule has 1 aromatic carbocycles. The molecule has 10 heteroatoms. The van der Waals surface area contributed by atoms with E-state index in [2.05, 4.69) is 15.4 Å². The normalized spacial score (nSPS) is 26.7. The number of rotatable bonds is 3. The molecule has 0 radical (unpaired) electrons. The van der Waals surface area contributed by atoms with Crippen molar-refractivity contribution in [3.8, 4) is 0 Å². The van der Waals surface area contributed by atoms with Gasteiger partial charge in [0.1, 0.15) is 23.1 Å². The van der Waals surface area contributed by atoms with Gasteiger partial charge in [0.15, 0.2) is 5.65 Å². The van der Waals surface area contributed by atoms with Crippen molar-refractivity contribution in [3.05, 3.63) is 53.9 Å². The summed E-state index contributed by atoms with van der Waals surface area (Å²) in [6.45, 7) is 0.665. The van der Waals surface area contributed by atoms with Crippen LogP contribution >= 0.6 is 0 Å². The van der Waals surface area contributed by atoms with Crippen LogP contribution in [-0.4, -0.2) is 56.4 Å². The SMILES string of the molecule is [2H]C1([2H])CCN(c2ccn3ncc(NC(=O)N4CCC(O)C4)c3n2)[C@@]1([2H])c1cc(F)ccc1F. The lowest BCUT2D eigenvalue weighted by atomic mass is 10.0. The van der Waals surface area contributed by atoms with Crippen LogP contribution in [0.15, 0.2) is 36.7 Å². The highest BCUT2D eigenvalue weighted by Gasteiger charge is 2.30. The van der Waals surface area contributed by atoms with Crippen LogP contribution in [0.25, 0.3) is 5.65 Å². The third-order valence-electron chi connectivity index (χ3n) is 5.40. The number of anilines is 2. The largest absolute Gasteiger partial charge is 0.391 e. The fourth-order valence-corrected chi connectivity index (χ4v) is 3.86. The number of hydrogen-bond acceptors (Lipinski definition) is 5. The summed E-state index contributed by atoms with van der Waals surface area (Å²) in [6, 6.07) is 1.44. The highest BCUT2D eigenvalue weighted by Crippen LogP contribution is 2.37. The maximum absolute atomic E-state index is 14.7. The van der Waals surface area contributed by atoms with E-state index in [9.17, 15) is 18.7 Å². The third kappa shape index (κ3) is 3.67. The number of likely N-dealkylation sites (tertiary alicyclic amines) is 1. The highest BCUT2D eigenvalue weighted by atomic mass is 19.1. The van der Waals surface area contributed by atoms with E-state index in [1.807, 2.05) is 0 Å². The van der Waals surface area contributed by atoms with Gasteiger partial charge in [0.2, 0.25) is 0 Å². The molecule has 2 aromatic heterocycles. The van der Waals surface area contributed by atoms with Crippen LogP contribution in [0.1, 0.15) is 34.9 Å². The Labute approximate surface area is 181 Å². The number of fused-ring (bicyclic) bond motifs is 1. The van der Waals surface area contributed by atoms with Gasteiger partial charge in [-0.3, -0.25) is 0 Å². The second-order valence-electron chi connectivity index (χ2n) is 7.48. The van der Waals surface area contributed by atoms with Crippen molar-refractivity contribution < 1.29 is 22.8 Å². The quantitative estimate of drug-likeness (QED) is 0.666. The summed E-state index contributed by atoms with van der Waals surface area (Å²) in [5.41, 5.74) is 0.0920. The fourth-order valence-electron chi connectivity index (χ4n) is 3.86. The lowest BCUT2D eigenvalue weighted by Gasteiger charge is -2.26. The van der Waals surface area contributed by atoms with Crippen LogP contribution < -0.4 is 10.2 Å². The van der Waals surface area contributed by atoms with E-state index >= 15 is 0 Å². The summed E-state index contributed by atoms with van der Waals surface area (Å²) in [5, 5.41) is 16.5. The van der Waals surface area contributed by atoms with E-state index in [1.54, 1.807) is 0 Å². The first-order valence-electron chi connectivity index (χ1n) is 11.4. The fraction of sp³-hybridized carbons (Fsp3) is 0.381. The van der Waals surface area contributed by atoms with Crippen LogP contribution in [0.3, 0.4) is 0 Å². The zero-order chi connectivity index (χ0) is 24.3. The van der Waals surface area contributed by atoms with Crippen molar-refractivity contribution >= 4 is 23.2 Å². The van der Waals surface area contributed by atoms with Crippen LogP contribution in [0.4, 0.5) is 25.1 Å². The number of nitrogens with one attached hydrogen (secondary N) is 1. The number of urea groups is 1. The molecular formula is C21H22F2N6O2. The van der Waals surface area contributed by atoms with Gasteiger partial charge in [-0.1, -0.05) is 0 Å². The summed E-state index contributed by atoms with van der Waals surface area (Å²) in [5.74, 6) is -1.51. The Morgan fingerprint density at radius 3 is 3.00 bits per heavy atom. The second kappa shape index (κ2) is 7.77. The molecule has 2 saturated heterocycles. The van der Waals surface area contributed by atoms with E-state index in [0.29, 0.717) is 13.0 Å². The molecule has 0 bridgehead atoms. The predicted molar refractivity (Wildman–Crippen MR) is 110 cm³/mol. The predicted octanol–water partition coefficient (Wildman–Crippen LogP) is 2.95. The highest BCUT2D eigenvalue weighted by molar-refractivity contribution is 5.93. The van der Waals surface area contributed by atoms with Gasteiger partial charge in [-0.2, -0.15) is 5.10 Å². The van der Waals surface area contributed by atoms with Crippen molar-refractivity contribution in [3.63, 3.8) is 0 Å². The number of amides is 2. The Morgan fingerprint density at radius 2 is 2.19 bits per heavy atom. The maximum Gasteiger partial charge on any atom is 0.322 e. The van der Waals surface area contributed by atoms with Gasteiger partial charge in [0.05, 0.1) is 19.7 Å². The Balaban J connectivity index is 1.53. The van der Waals surface area contributed by atoms with Crippen LogP contribution in [0.2, 0.25) is 0 Å². The number of nitrogens with zero attached hydrogens (tertiary/aromatic N) is 5. The monoisotopic (exact) mass is 431 g/mol. The number of benzene rings is 1. The number of aliphatic hydroxyl groups is 1. The van der Waals surface area contributed by atoms with Gasteiger partial charge in [-0.05, 0) is 43.5 Å². The molecule has 0 spiro atoms. The smallest absolute Gasteiger partial charge is 0.322 e. The molecule has 2 amide bonds. The van der Waals surface area contributed by atoms with E-state index in [1.165, 1.54) is 32.8 Å². The van der Waals surface area contributed by atoms with Gasteiger partial charge < -0.3 is 20.2 Å². The minimum absolute atomic E-state index is 0.0388. The van der Waals surface area contributed by atoms with Crippen LogP contribution in [0.5, 0.6) is 0 Å². The Kier molecular flexibility index (Phi) is 4.12. The average molecular weight is 431 g/mol. The number of carbonyl (C=O) groups excluding carboxylic acids is 1. The van der Waals surface area contributed by atoms with Crippen molar-refractivity contribution in [2.24, 2.45) is 0 Å². The molecule has 2 fully saturated rings. The number of aliphatic hydroxyl groups excluding tert-OH is 1. The Morgan fingerprint density at radius 1 is 1.32 bits per heavy atom. The molecule has 3 aromatic rings. The maximum atomic E-state index is 14.7. The van der Waals surface area contributed by atoms with E-state index in [4.69, 9.17) is 4.11 Å². The molecule has 162 valence electrons. The van der Waals surface area contributed by atoms with Gasteiger partial charge in [-0.25, -0.2) is 23.1 Å². The number of carbonyl (C=O) groups is 1. The summed E-state index contributed by atoms with van der Waals surface area (Å²) in [4.78, 5) is 19.8. The Hall–Kier alpha value is -3.27. The molecular weight excluding hydrogens is 406 g/mol. The van der Waals surface area contributed by atoms with Gasteiger partial charge in [-0.15, -0.1) is 0 Å². The minimum atomic E-state index is -2.28. The Bertz CT molecular complexity index is 1270. The lowest BCUT2D eigenvalue weighted by Crippen LogP contribution is -2.33. The molecule has 5 rings (SSSR count). The topological polar surface area (TPSA) is 86.0 Å². The lowest BCUT2D eigenvalue weighted by molar-refractivity contribution is 0.176. The molecule has 1 unspecified atom stereocenters. The van der Waals surface area contributed by atoms with Gasteiger partial charge >= 0.3 is 6.03 Å². The average Bonchev–Trinajstić information content (AvgIpc) is 3.47. The zero-order valence-corrected chi connectivity index (χ0v) is 16.4. The number of β-amino-alcohol motifs (C(OH)–C–C–N with tert-alkyl or cyclic N) is 1. The molecule has 31 heavy (non-hydrogen) atoms. The van der Waals surface area contributed by atoms with Crippen molar-refractivity contribution in [1.29, 1.82) is 0 Å². The number of aromatic nitrogens is 3. The van der Waals surface area contributed by atoms with E-state index < -0.39 is 41.7 Å². The van der Waals surface area contributed by atoms with Crippen molar-refractivity contribution in [2.75, 3.05) is 29.9 Å². The molecule has 8 nitrogen and oxygen atoms in total. The summed E-state index contributed by atoms with van der Waals surface area (Å²) in [7, 11) is 0. The first-order valence-corrected chi connectivity index (χ1v) is 9.92. The molecule has 2 aliphatic heterocycles. The first kappa shape index (κ1) is 16.4. The number of hydrogen-bond donors (Lipinski definition) is 2. The van der Waals surface area contributed by atoms with E-state index in [-0.39, 0.29) is 36.7 Å². The molecule has 2 N–H and O–H groups in total. The standard InChI is InChI=1S/C21H22F2N6O2/c22-13-3-4-16(23)15(10-13)18-2-1-7-28(18)19-6-9-29-20(26-19)17(11-24-29)25-21(31)27-8-5-14(30)12-27/h3-4,6,9-11,14,18,30H,1-2,5,7-8,12H2,(H,25,31)/t14?,18-/m1/s1/i2D2,18D. The summed E-state index contributed by atoms with van der Waals surface area (Å²) >= 11 is 0. The molecule has 2 atom stereocenters. The van der Waals surface area contributed by atoms with Gasteiger partial charge in [0.25, 0.3) is 0 Å². The molecule has 0 saturated carbocycles. The molecule has 2 aliphatic rings. The minimum Gasteiger partial charge on any atom is -0.391 e. The van der Waals surface area contributed by atoms with Crippen LogP contribution in [0, 0.1) is 11.6 Å². The van der Waals surface area contributed by atoms with Crippen LogP contribution in [-0.2, 0) is 0 Å². The van der Waals surface area contributed by atoms with Crippen molar-refractivity contribution in [1.82, 2.24) is 19.5 Å². The molecule has 4 heterocycles. The summed E-state index contributed by atoms with van der Waals surface area (Å²) in [6.07, 6.45) is 0.549. The second-order valence-corrected chi connectivity index (χ2v) is 7.48. The zero-order valence-electron chi connectivity index (χ0n) is 19.4. The van der Waals surface area contributed by atoms with Crippen molar-refractivity contribution in [2.45, 2.75) is 31.3 Å². The number of halogens is 2. The third-order valence-corrected chi connectivity index (χ3v) is 5.40. The van der Waals surface area contributed by atoms with E-state index in [0.717, 1.165) is 18.2 Å². The van der Waals surface area contributed by atoms with Gasteiger partial charge in [0, 0.05) is 34.1 Å². The first-order chi connectivity index (χ1) is 16.1. The molecule has 0 aliphatic carbocycles.